The van der Waals surface area contributed by atoms with E-state index in [2.05, 4.69) is 30.6 Å². The second kappa shape index (κ2) is 5.64. The summed E-state index contributed by atoms with van der Waals surface area (Å²) in [6, 6.07) is 5.47. The first-order valence-corrected chi connectivity index (χ1v) is 7.14. The van der Waals surface area contributed by atoms with Gasteiger partial charge in [0, 0.05) is 12.4 Å². The quantitative estimate of drug-likeness (QED) is 0.771. The van der Waals surface area contributed by atoms with Crippen LogP contribution in [0.4, 0.5) is 5.95 Å². The van der Waals surface area contributed by atoms with Crippen LogP contribution in [0.3, 0.4) is 0 Å². The fourth-order valence-electron chi connectivity index (χ4n) is 1.92. The normalized spacial score (nSPS) is 11.4. The minimum Gasteiger partial charge on any atom is -0.289 e. The van der Waals surface area contributed by atoms with Crippen LogP contribution in [0.15, 0.2) is 36.8 Å². The molecule has 0 aliphatic rings. The third kappa shape index (κ3) is 3.25. The third-order valence-electron chi connectivity index (χ3n) is 3.15. The van der Waals surface area contributed by atoms with Gasteiger partial charge in [-0.25, -0.2) is 0 Å². The number of H-pyrrole nitrogens is 1. The summed E-state index contributed by atoms with van der Waals surface area (Å²) >= 11 is 0. The molecule has 0 spiro atoms. The molecule has 3 heterocycles. The molecule has 118 valence electrons. The number of pyridine rings is 1. The number of nitrogens with zero attached hydrogens (tertiary/aromatic N) is 5. The lowest BCUT2D eigenvalue weighted by Crippen LogP contribution is -2.22. The summed E-state index contributed by atoms with van der Waals surface area (Å²) in [5, 5.41) is 13.6. The number of anilines is 1. The maximum Gasteiger partial charge on any atom is 0.261 e. The summed E-state index contributed by atoms with van der Waals surface area (Å²) in [5.74, 6) is 0.373. The van der Waals surface area contributed by atoms with E-state index in [1.807, 2.05) is 32.9 Å². The van der Waals surface area contributed by atoms with Crippen LogP contribution >= 0.6 is 0 Å². The van der Waals surface area contributed by atoms with Crippen LogP contribution in [0.5, 0.6) is 0 Å². The molecule has 1 amide bonds. The molecular weight excluding hydrogens is 294 g/mol. The Labute approximate surface area is 133 Å². The van der Waals surface area contributed by atoms with Crippen LogP contribution in [0, 0.1) is 0 Å². The summed E-state index contributed by atoms with van der Waals surface area (Å²) in [7, 11) is 0. The van der Waals surface area contributed by atoms with E-state index >= 15 is 0 Å². The zero-order valence-electron chi connectivity index (χ0n) is 13.1. The molecule has 23 heavy (non-hydrogen) atoms. The molecule has 0 atom stereocenters. The molecule has 0 saturated carbocycles. The zero-order valence-corrected chi connectivity index (χ0v) is 13.1. The summed E-state index contributed by atoms with van der Waals surface area (Å²) in [5.41, 5.74) is 0.917. The summed E-state index contributed by atoms with van der Waals surface area (Å²) in [4.78, 5) is 20.6. The van der Waals surface area contributed by atoms with E-state index in [0.29, 0.717) is 17.1 Å². The fraction of sp³-hybridized carbons (Fsp3) is 0.267. The molecule has 0 aliphatic carbocycles. The lowest BCUT2D eigenvalue weighted by molar-refractivity contribution is 0.102. The van der Waals surface area contributed by atoms with Gasteiger partial charge in [-0.2, -0.15) is 10.1 Å². The highest BCUT2D eigenvalue weighted by atomic mass is 16.1. The van der Waals surface area contributed by atoms with Gasteiger partial charge in [-0.05, 0) is 32.9 Å². The van der Waals surface area contributed by atoms with Crippen molar-refractivity contribution < 1.29 is 4.79 Å². The fourth-order valence-corrected chi connectivity index (χ4v) is 1.92. The number of aromatic amines is 1. The largest absolute Gasteiger partial charge is 0.289 e. The predicted octanol–water partition coefficient (Wildman–Crippen LogP) is 2.07. The average molecular weight is 311 g/mol. The Morgan fingerprint density at radius 3 is 2.78 bits per heavy atom. The number of carbonyl (C=O) groups is 1. The van der Waals surface area contributed by atoms with E-state index in [4.69, 9.17) is 0 Å². The predicted molar refractivity (Wildman–Crippen MR) is 84.8 cm³/mol. The molecule has 0 aromatic carbocycles. The van der Waals surface area contributed by atoms with Crippen LogP contribution in [0.2, 0.25) is 0 Å². The van der Waals surface area contributed by atoms with Gasteiger partial charge in [-0.3, -0.25) is 24.9 Å². The van der Waals surface area contributed by atoms with Gasteiger partial charge in [-0.1, -0.05) is 6.07 Å². The van der Waals surface area contributed by atoms with Crippen LogP contribution < -0.4 is 5.32 Å². The van der Waals surface area contributed by atoms with Crippen molar-refractivity contribution >= 4 is 11.9 Å². The van der Waals surface area contributed by atoms with E-state index in [-0.39, 0.29) is 17.4 Å². The molecule has 0 aliphatic heterocycles. The molecule has 0 saturated heterocycles. The topological polar surface area (TPSA) is 101 Å². The molecular formula is C15H17N7O. The van der Waals surface area contributed by atoms with Gasteiger partial charge >= 0.3 is 0 Å². The zero-order chi connectivity index (χ0) is 16.4. The number of hydrogen-bond donors (Lipinski definition) is 2. The minimum absolute atomic E-state index is 0.185. The highest BCUT2D eigenvalue weighted by Crippen LogP contribution is 2.15. The SMILES string of the molecule is CC(C)(C)n1cc(C(=O)Nc2n[nH]c(-c3ccccn3)n2)cn1. The number of nitrogens with one attached hydrogen (secondary N) is 2. The maximum atomic E-state index is 12.2. The van der Waals surface area contributed by atoms with Crippen LogP contribution in [-0.2, 0) is 5.54 Å². The van der Waals surface area contributed by atoms with Crippen molar-refractivity contribution in [1.29, 1.82) is 0 Å². The molecule has 0 radical (unpaired) electrons. The standard InChI is InChI=1S/C15H17N7O/c1-15(2,3)22-9-10(8-17-22)13(23)19-14-18-12(20-21-14)11-6-4-5-7-16-11/h4-9H,1-3H3,(H2,18,19,20,21,23). The molecule has 8 heteroatoms. The first kappa shape index (κ1) is 14.9. The summed E-state index contributed by atoms with van der Waals surface area (Å²) in [6.07, 6.45) is 4.88. The summed E-state index contributed by atoms with van der Waals surface area (Å²) < 4.78 is 1.74. The lowest BCUT2D eigenvalue weighted by Gasteiger charge is -2.18. The Morgan fingerprint density at radius 1 is 1.30 bits per heavy atom. The molecule has 3 rings (SSSR count). The first-order valence-electron chi connectivity index (χ1n) is 7.14. The van der Waals surface area contributed by atoms with Gasteiger partial charge in [0.2, 0.25) is 5.95 Å². The van der Waals surface area contributed by atoms with Crippen molar-refractivity contribution in [3.63, 3.8) is 0 Å². The minimum atomic E-state index is -0.313. The molecule has 0 bridgehead atoms. The Morgan fingerprint density at radius 2 is 2.13 bits per heavy atom. The molecule has 3 aromatic heterocycles. The Kier molecular flexibility index (Phi) is 3.65. The van der Waals surface area contributed by atoms with Gasteiger partial charge in [0.25, 0.3) is 5.91 Å². The lowest BCUT2D eigenvalue weighted by atomic mass is 10.1. The van der Waals surface area contributed by atoms with Gasteiger partial charge < -0.3 is 0 Å². The van der Waals surface area contributed by atoms with E-state index < -0.39 is 0 Å². The van der Waals surface area contributed by atoms with Gasteiger partial charge in [0.15, 0.2) is 5.82 Å². The molecule has 0 unspecified atom stereocenters. The third-order valence-corrected chi connectivity index (χ3v) is 3.15. The van der Waals surface area contributed by atoms with Crippen LogP contribution in [-0.4, -0.2) is 35.9 Å². The molecule has 8 nitrogen and oxygen atoms in total. The maximum absolute atomic E-state index is 12.2. The van der Waals surface area contributed by atoms with Gasteiger partial charge in [-0.15, -0.1) is 5.10 Å². The van der Waals surface area contributed by atoms with Crippen molar-refractivity contribution in [3.8, 4) is 11.5 Å². The monoisotopic (exact) mass is 311 g/mol. The van der Waals surface area contributed by atoms with Crippen LogP contribution in [0.1, 0.15) is 31.1 Å². The number of rotatable bonds is 3. The van der Waals surface area contributed by atoms with E-state index in [0.717, 1.165) is 0 Å². The van der Waals surface area contributed by atoms with Gasteiger partial charge in [0.1, 0.15) is 5.69 Å². The molecule has 0 fully saturated rings. The Bertz CT molecular complexity index is 814. The second-order valence-corrected chi connectivity index (χ2v) is 6.02. The van der Waals surface area contributed by atoms with E-state index in [1.165, 1.54) is 6.20 Å². The molecule has 3 aromatic rings. The smallest absolute Gasteiger partial charge is 0.261 e. The number of amides is 1. The highest BCUT2D eigenvalue weighted by molar-refractivity contribution is 6.03. The number of aromatic nitrogens is 6. The van der Waals surface area contributed by atoms with Gasteiger partial charge in [0.05, 0.1) is 17.3 Å². The molecule has 2 N–H and O–H groups in total. The van der Waals surface area contributed by atoms with E-state index in [9.17, 15) is 4.79 Å². The van der Waals surface area contributed by atoms with E-state index in [1.54, 1.807) is 23.1 Å². The first-order chi connectivity index (χ1) is 10.9. The van der Waals surface area contributed by atoms with Crippen molar-refractivity contribution in [2.75, 3.05) is 5.32 Å². The Hall–Kier alpha value is -3.03. The number of hydrogen-bond acceptors (Lipinski definition) is 5. The van der Waals surface area contributed by atoms with Crippen molar-refractivity contribution in [2.45, 2.75) is 26.3 Å². The average Bonchev–Trinajstić information content (AvgIpc) is 3.17. The van der Waals surface area contributed by atoms with Crippen LogP contribution in [0.25, 0.3) is 11.5 Å². The van der Waals surface area contributed by atoms with Crippen molar-refractivity contribution in [3.05, 3.63) is 42.4 Å². The summed E-state index contributed by atoms with van der Waals surface area (Å²) in [6.45, 7) is 6.03. The van der Waals surface area contributed by atoms with Crippen molar-refractivity contribution in [1.82, 2.24) is 29.9 Å². The number of carbonyl (C=O) groups excluding carboxylic acids is 1. The highest BCUT2D eigenvalue weighted by Gasteiger charge is 2.18. The Balaban J connectivity index is 1.74. The second-order valence-electron chi connectivity index (χ2n) is 6.02. The van der Waals surface area contributed by atoms with Crippen molar-refractivity contribution in [2.24, 2.45) is 0 Å².